The topological polar surface area (TPSA) is 91.8 Å². The van der Waals surface area contributed by atoms with E-state index < -0.39 is 41.0 Å². The normalized spacial score (nSPS) is 29.0. The van der Waals surface area contributed by atoms with Gasteiger partial charge >= 0.3 is 0 Å². The highest BCUT2D eigenvalue weighted by atomic mass is 79.9. The molecule has 8 heteroatoms. The number of para-hydroxylation sites is 1. The zero-order valence-electron chi connectivity index (χ0n) is 17.8. The average Bonchev–Trinajstić information content (AvgIpc) is 3.03. The van der Waals surface area contributed by atoms with E-state index >= 15 is 0 Å². The molecular formula is C25H21BrFNO5. The van der Waals surface area contributed by atoms with Gasteiger partial charge in [0.25, 0.3) is 0 Å². The third-order valence-corrected chi connectivity index (χ3v) is 7.79. The van der Waals surface area contributed by atoms with E-state index in [9.17, 15) is 28.7 Å². The van der Waals surface area contributed by atoms with Crippen molar-refractivity contribution in [3.63, 3.8) is 0 Å². The Morgan fingerprint density at radius 1 is 1.15 bits per heavy atom. The SMILES string of the molecule is CCCN1C(=O)[C@H]2[C@H](CC=C3[C@H](c4cccc(F)c4O)C4=C(C[C@H]32)C(=O)C(Br)=CC4=O)C1=O. The number of ketones is 2. The number of aromatic hydroxyl groups is 1. The fourth-order valence-corrected chi connectivity index (χ4v) is 6.28. The van der Waals surface area contributed by atoms with Gasteiger partial charge in [0.05, 0.1) is 16.3 Å². The van der Waals surface area contributed by atoms with E-state index in [0.29, 0.717) is 25.0 Å². The van der Waals surface area contributed by atoms with Crippen LogP contribution >= 0.6 is 15.9 Å². The molecule has 0 saturated carbocycles. The van der Waals surface area contributed by atoms with E-state index in [0.717, 1.165) is 6.07 Å². The molecule has 1 aliphatic heterocycles. The van der Waals surface area contributed by atoms with Crippen LogP contribution in [0.1, 0.15) is 37.7 Å². The molecule has 33 heavy (non-hydrogen) atoms. The summed E-state index contributed by atoms with van der Waals surface area (Å²) in [5.41, 5.74) is 1.31. The number of allylic oxidation sites excluding steroid dienone is 6. The first-order chi connectivity index (χ1) is 15.8. The van der Waals surface area contributed by atoms with Crippen molar-refractivity contribution in [2.75, 3.05) is 6.54 Å². The number of Topliss-reactive ketones (excluding diaryl/α,β-unsaturated/α-hetero) is 1. The number of phenols is 1. The minimum atomic E-state index is -0.869. The van der Waals surface area contributed by atoms with Crippen molar-refractivity contribution in [2.24, 2.45) is 17.8 Å². The van der Waals surface area contributed by atoms with Gasteiger partial charge in [0.1, 0.15) is 0 Å². The Labute approximate surface area is 198 Å². The van der Waals surface area contributed by atoms with E-state index in [2.05, 4.69) is 15.9 Å². The quantitative estimate of drug-likeness (QED) is 0.378. The van der Waals surface area contributed by atoms with Gasteiger partial charge in [0.2, 0.25) is 11.8 Å². The van der Waals surface area contributed by atoms with E-state index in [4.69, 9.17) is 0 Å². The standard InChI is InChI=1S/C25H21BrFNO5/c1-2-8-28-24(32)13-7-6-11-14(20(13)25(28)33)9-15-21(18(29)10-16(26)22(15)30)19(11)12-4-3-5-17(27)23(12)31/h3-6,10,13-14,19-20,31H,2,7-9H2,1H3/t13-,14+,19+,20-/m0/s1. The molecule has 2 amide bonds. The lowest BCUT2D eigenvalue weighted by atomic mass is 9.59. The summed E-state index contributed by atoms with van der Waals surface area (Å²) in [6, 6.07) is 4.08. The molecule has 0 bridgehead atoms. The van der Waals surface area contributed by atoms with E-state index in [-0.39, 0.29) is 45.2 Å². The first-order valence-electron chi connectivity index (χ1n) is 11.0. The predicted molar refractivity (Wildman–Crippen MR) is 120 cm³/mol. The number of benzene rings is 1. The lowest BCUT2D eigenvalue weighted by molar-refractivity contribution is -0.140. The van der Waals surface area contributed by atoms with Crippen molar-refractivity contribution in [1.82, 2.24) is 4.90 Å². The van der Waals surface area contributed by atoms with Crippen LogP contribution in [-0.4, -0.2) is 39.9 Å². The number of halogens is 2. The molecule has 5 rings (SSSR count). The summed E-state index contributed by atoms with van der Waals surface area (Å²) < 4.78 is 14.4. The lowest BCUT2D eigenvalue weighted by Gasteiger charge is -2.42. The van der Waals surface area contributed by atoms with Crippen LogP contribution in [0, 0.1) is 23.6 Å². The summed E-state index contributed by atoms with van der Waals surface area (Å²) in [6.07, 6.45) is 4.14. The molecular weight excluding hydrogens is 493 g/mol. The molecule has 1 aromatic carbocycles. The third-order valence-electron chi connectivity index (χ3n) is 7.20. The van der Waals surface area contributed by atoms with Crippen LogP contribution in [0.15, 0.2) is 51.6 Å². The summed E-state index contributed by atoms with van der Waals surface area (Å²) in [6.45, 7) is 2.23. The largest absolute Gasteiger partial charge is 0.505 e. The highest BCUT2D eigenvalue weighted by Gasteiger charge is 2.56. The number of phenolic OH excluding ortho intramolecular Hbond substituents is 1. The molecule has 0 unspecified atom stereocenters. The van der Waals surface area contributed by atoms with Crippen molar-refractivity contribution in [3.8, 4) is 5.75 Å². The number of hydrogen-bond acceptors (Lipinski definition) is 5. The maximum Gasteiger partial charge on any atom is 0.233 e. The van der Waals surface area contributed by atoms with Crippen LogP contribution in [0.4, 0.5) is 4.39 Å². The number of hydrogen-bond donors (Lipinski definition) is 1. The predicted octanol–water partition coefficient (Wildman–Crippen LogP) is 3.70. The van der Waals surface area contributed by atoms with Crippen LogP contribution in [0.3, 0.4) is 0 Å². The second-order valence-electron chi connectivity index (χ2n) is 8.90. The maximum atomic E-state index is 14.3. The third kappa shape index (κ3) is 3.10. The molecule has 0 radical (unpaired) electrons. The molecule has 0 aromatic heterocycles. The first-order valence-corrected chi connectivity index (χ1v) is 11.8. The van der Waals surface area contributed by atoms with E-state index in [1.807, 2.05) is 13.0 Å². The zero-order chi connectivity index (χ0) is 23.6. The summed E-state index contributed by atoms with van der Waals surface area (Å²) in [7, 11) is 0. The van der Waals surface area contributed by atoms with Crippen LogP contribution in [0.2, 0.25) is 0 Å². The number of carbonyl (C=O) groups is 4. The van der Waals surface area contributed by atoms with Gasteiger partial charge in [-0.15, -0.1) is 0 Å². The van der Waals surface area contributed by atoms with Crippen molar-refractivity contribution in [2.45, 2.75) is 32.1 Å². The average molecular weight is 514 g/mol. The number of imide groups is 1. The molecule has 1 heterocycles. The molecule has 1 saturated heterocycles. The van der Waals surface area contributed by atoms with Crippen molar-refractivity contribution < 1.29 is 28.7 Å². The fraction of sp³-hybridized carbons (Fsp3) is 0.360. The second kappa shape index (κ2) is 7.87. The number of amides is 2. The van der Waals surface area contributed by atoms with E-state index in [1.165, 1.54) is 23.1 Å². The first kappa shape index (κ1) is 21.9. The number of fused-ring (bicyclic) bond motifs is 3. The van der Waals surface area contributed by atoms with Gasteiger partial charge < -0.3 is 5.11 Å². The van der Waals surface area contributed by atoms with Gasteiger partial charge in [-0.2, -0.15) is 0 Å². The monoisotopic (exact) mass is 513 g/mol. The summed E-state index contributed by atoms with van der Waals surface area (Å²) in [5.74, 6) is -5.19. The number of carbonyl (C=O) groups excluding carboxylic acids is 4. The number of likely N-dealkylation sites (tertiary alicyclic amines) is 1. The Hall–Kier alpha value is -2.87. The Bertz CT molecular complexity index is 1230. The molecule has 6 nitrogen and oxygen atoms in total. The van der Waals surface area contributed by atoms with Gasteiger partial charge in [0.15, 0.2) is 23.1 Å². The van der Waals surface area contributed by atoms with Crippen molar-refractivity contribution in [3.05, 3.63) is 62.9 Å². The molecule has 3 aliphatic carbocycles. The smallest absolute Gasteiger partial charge is 0.233 e. The highest BCUT2D eigenvalue weighted by Crippen LogP contribution is 2.56. The molecule has 4 atom stereocenters. The van der Waals surface area contributed by atoms with Gasteiger partial charge in [-0.25, -0.2) is 4.39 Å². The second-order valence-corrected chi connectivity index (χ2v) is 9.75. The number of rotatable bonds is 3. The molecule has 0 spiro atoms. The summed E-state index contributed by atoms with van der Waals surface area (Å²) in [5, 5.41) is 10.6. The summed E-state index contributed by atoms with van der Waals surface area (Å²) >= 11 is 3.16. The van der Waals surface area contributed by atoms with Gasteiger partial charge in [-0.1, -0.05) is 30.7 Å². The van der Waals surface area contributed by atoms with E-state index in [1.54, 1.807) is 0 Å². The minimum Gasteiger partial charge on any atom is -0.505 e. The minimum absolute atomic E-state index is 0.120. The summed E-state index contributed by atoms with van der Waals surface area (Å²) in [4.78, 5) is 53.7. The fourth-order valence-electron chi connectivity index (χ4n) is 5.84. The van der Waals surface area contributed by atoms with Crippen molar-refractivity contribution >= 4 is 39.3 Å². The van der Waals surface area contributed by atoms with Crippen LogP contribution < -0.4 is 0 Å². The Morgan fingerprint density at radius 2 is 1.91 bits per heavy atom. The van der Waals surface area contributed by atoms with Gasteiger partial charge in [-0.05, 0) is 47.2 Å². The van der Waals surface area contributed by atoms with Crippen LogP contribution in [0.5, 0.6) is 5.75 Å². The molecule has 4 aliphatic rings. The molecule has 1 aromatic rings. The van der Waals surface area contributed by atoms with Crippen molar-refractivity contribution in [1.29, 1.82) is 0 Å². The maximum absolute atomic E-state index is 14.3. The van der Waals surface area contributed by atoms with Crippen LogP contribution in [-0.2, 0) is 19.2 Å². The Morgan fingerprint density at radius 3 is 2.64 bits per heavy atom. The molecule has 1 N–H and O–H groups in total. The Kier molecular flexibility index (Phi) is 5.23. The van der Waals surface area contributed by atoms with Gasteiger partial charge in [0, 0.05) is 35.2 Å². The number of nitrogens with zero attached hydrogens (tertiary/aromatic N) is 1. The van der Waals surface area contributed by atoms with Gasteiger partial charge in [-0.3, -0.25) is 24.1 Å². The highest BCUT2D eigenvalue weighted by molar-refractivity contribution is 9.12. The Balaban J connectivity index is 1.70. The molecule has 1 fully saturated rings. The molecule has 170 valence electrons. The lowest BCUT2D eigenvalue weighted by Crippen LogP contribution is -2.39. The van der Waals surface area contributed by atoms with Crippen LogP contribution in [0.25, 0.3) is 0 Å². The zero-order valence-corrected chi connectivity index (χ0v) is 19.4.